The van der Waals surface area contributed by atoms with E-state index in [1.807, 2.05) is 0 Å². The first-order chi connectivity index (χ1) is 10.1. The molecule has 1 aromatic rings. The van der Waals surface area contributed by atoms with Gasteiger partial charge in [0.1, 0.15) is 0 Å². The number of likely N-dealkylation sites (tertiary alicyclic amines) is 1. The van der Waals surface area contributed by atoms with E-state index in [9.17, 15) is 8.78 Å². The molecule has 21 heavy (non-hydrogen) atoms. The number of allylic oxidation sites excluding steroid dienone is 1. The number of nitrogens with zero attached hydrogens (tertiary/aromatic N) is 1. The van der Waals surface area contributed by atoms with Gasteiger partial charge in [-0.25, -0.2) is 8.78 Å². The van der Waals surface area contributed by atoms with E-state index in [0.29, 0.717) is 5.56 Å². The average Bonchev–Trinajstić information content (AvgIpc) is 2.65. The molecule has 0 N–H and O–H groups in total. The summed E-state index contributed by atoms with van der Waals surface area (Å²) in [5.74, 6) is -1.36. The summed E-state index contributed by atoms with van der Waals surface area (Å²) in [7, 11) is 0. The molecule has 0 spiro atoms. The summed E-state index contributed by atoms with van der Waals surface area (Å²) in [6.45, 7) is 8.07. The van der Waals surface area contributed by atoms with Crippen molar-refractivity contribution >= 4 is 0 Å². The summed E-state index contributed by atoms with van der Waals surface area (Å²) < 4.78 is 27.5. The molecule has 1 aliphatic heterocycles. The summed E-state index contributed by atoms with van der Waals surface area (Å²) in [6, 6.07) is 4.52. The van der Waals surface area contributed by atoms with Crippen molar-refractivity contribution in [1.29, 1.82) is 0 Å². The average molecular weight is 293 g/mol. The van der Waals surface area contributed by atoms with Gasteiger partial charge in [-0.15, -0.1) is 0 Å². The summed E-state index contributed by atoms with van der Waals surface area (Å²) >= 11 is 0. The largest absolute Gasteiger partial charge is 0.375 e. The van der Waals surface area contributed by atoms with E-state index in [-0.39, 0.29) is 5.92 Å². The van der Waals surface area contributed by atoms with Crippen LogP contribution in [0.3, 0.4) is 0 Å². The van der Waals surface area contributed by atoms with Crippen molar-refractivity contribution in [3.8, 4) is 0 Å². The smallest absolute Gasteiger partial charge is 0.162 e. The third-order valence-corrected chi connectivity index (χ3v) is 4.36. The Morgan fingerprint density at radius 2 is 2.10 bits per heavy atom. The summed E-state index contributed by atoms with van der Waals surface area (Å²) in [4.78, 5) is 2.28. The van der Waals surface area contributed by atoms with Crippen molar-refractivity contribution in [3.05, 3.63) is 47.7 Å². The minimum atomic E-state index is -0.742. The topological polar surface area (TPSA) is 3.24 Å². The van der Waals surface area contributed by atoms with Gasteiger partial charge >= 0.3 is 0 Å². The molecular formula is C18H25F2N. The van der Waals surface area contributed by atoms with Crippen molar-refractivity contribution in [3.63, 3.8) is 0 Å². The Labute approximate surface area is 126 Å². The van der Waals surface area contributed by atoms with Crippen LogP contribution < -0.4 is 0 Å². The van der Waals surface area contributed by atoms with Crippen molar-refractivity contribution in [1.82, 2.24) is 4.90 Å². The van der Waals surface area contributed by atoms with Crippen molar-refractivity contribution in [2.45, 2.75) is 51.4 Å². The zero-order chi connectivity index (χ0) is 15.2. The second-order valence-corrected chi connectivity index (χ2v) is 5.95. The minimum Gasteiger partial charge on any atom is -0.375 e. The Morgan fingerprint density at radius 3 is 2.86 bits per heavy atom. The van der Waals surface area contributed by atoms with Crippen molar-refractivity contribution < 1.29 is 8.78 Å². The maximum atomic E-state index is 14.0. The van der Waals surface area contributed by atoms with Gasteiger partial charge in [-0.2, -0.15) is 0 Å². The first-order valence-electron chi connectivity index (χ1n) is 8.00. The van der Waals surface area contributed by atoms with Gasteiger partial charge in [0.05, 0.1) is 0 Å². The third kappa shape index (κ3) is 4.05. The van der Waals surface area contributed by atoms with Crippen LogP contribution >= 0.6 is 0 Å². The lowest BCUT2D eigenvalue weighted by Gasteiger charge is -2.28. The second kappa shape index (κ2) is 7.58. The molecule has 1 aliphatic rings. The van der Waals surface area contributed by atoms with Crippen LogP contribution in [0.15, 0.2) is 30.5 Å². The van der Waals surface area contributed by atoms with Crippen LogP contribution in [-0.4, -0.2) is 18.0 Å². The molecule has 0 amide bonds. The van der Waals surface area contributed by atoms with E-state index in [1.54, 1.807) is 12.1 Å². The molecule has 116 valence electrons. The summed E-state index contributed by atoms with van der Waals surface area (Å²) in [5, 5.41) is 0. The van der Waals surface area contributed by atoms with Crippen LogP contribution in [0, 0.1) is 11.6 Å². The van der Waals surface area contributed by atoms with Crippen LogP contribution in [0.4, 0.5) is 8.78 Å². The zero-order valence-electron chi connectivity index (χ0n) is 12.9. The number of halogens is 2. The van der Waals surface area contributed by atoms with Crippen LogP contribution in [0.5, 0.6) is 0 Å². The van der Waals surface area contributed by atoms with Crippen LogP contribution in [0.2, 0.25) is 0 Å². The molecule has 0 unspecified atom stereocenters. The number of unbranched alkanes of at least 4 members (excludes halogenated alkanes) is 2. The highest BCUT2D eigenvalue weighted by Crippen LogP contribution is 2.32. The van der Waals surface area contributed by atoms with Gasteiger partial charge in [-0.3, -0.25) is 0 Å². The molecule has 1 saturated heterocycles. The molecule has 1 nitrogen and oxygen atoms in total. The summed E-state index contributed by atoms with van der Waals surface area (Å²) in [5.41, 5.74) is 1.66. The quantitative estimate of drug-likeness (QED) is 0.671. The number of benzene rings is 1. The maximum absolute atomic E-state index is 14.0. The predicted octanol–water partition coefficient (Wildman–Crippen LogP) is 5.24. The fraction of sp³-hybridized carbons (Fsp3) is 0.556. The van der Waals surface area contributed by atoms with E-state index in [4.69, 9.17) is 0 Å². The van der Waals surface area contributed by atoms with Crippen LogP contribution in [0.1, 0.15) is 56.9 Å². The number of hydrogen-bond donors (Lipinski definition) is 0. The SMILES string of the molecule is C=C1CCC[C@@H](c2cccc(F)c2F)CN1CCCCC. The molecule has 1 heterocycles. The van der Waals surface area contributed by atoms with Gasteiger partial charge < -0.3 is 4.90 Å². The molecular weight excluding hydrogens is 268 g/mol. The minimum absolute atomic E-state index is 0.0570. The molecule has 3 heteroatoms. The normalized spacial score (nSPS) is 19.7. The molecule has 0 bridgehead atoms. The molecule has 1 aromatic carbocycles. The van der Waals surface area contributed by atoms with E-state index >= 15 is 0 Å². The molecule has 0 aliphatic carbocycles. The molecule has 0 saturated carbocycles. The Balaban J connectivity index is 2.12. The molecule has 2 rings (SSSR count). The lowest BCUT2D eigenvalue weighted by Crippen LogP contribution is -2.27. The van der Waals surface area contributed by atoms with Gasteiger partial charge in [0.25, 0.3) is 0 Å². The monoisotopic (exact) mass is 293 g/mol. The Bertz CT molecular complexity index is 484. The van der Waals surface area contributed by atoms with Gasteiger partial charge in [0.2, 0.25) is 0 Å². The highest BCUT2D eigenvalue weighted by Gasteiger charge is 2.24. The fourth-order valence-corrected chi connectivity index (χ4v) is 3.09. The molecule has 1 atom stereocenters. The van der Waals surface area contributed by atoms with Crippen LogP contribution in [-0.2, 0) is 0 Å². The van der Waals surface area contributed by atoms with Gasteiger partial charge in [0, 0.05) is 24.7 Å². The fourth-order valence-electron chi connectivity index (χ4n) is 3.09. The van der Waals surface area contributed by atoms with Gasteiger partial charge in [-0.1, -0.05) is 38.5 Å². The Morgan fingerprint density at radius 1 is 1.29 bits per heavy atom. The van der Waals surface area contributed by atoms with E-state index < -0.39 is 11.6 Å². The van der Waals surface area contributed by atoms with E-state index in [2.05, 4.69) is 18.4 Å². The third-order valence-electron chi connectivity index (χ3n) is 4.36. The molecule has 0 aromatic heterocycles. The predicted molar refractivity (Wildman–Crippen MR) is 83.2 cm³/mol. The second-order valence-electron chi connectivity index (χ2n) is 5.95. The first kappa shape index (κ1) is 16.0. The molecule has 1 fully saturated rings. The number of hydrogen-bond acceptors (Lipinski definition) is 1. The van der Waals surface area contributed by atoms with Crippen molar-refractivity contribution in [2.75, 3.05) is 13.1 Å². The van der Waals surface area contributed by atoms with Gasteiger partial charge in [-0.05, 0) is 37.3 Å². The first-order valence-corrected chi connectivity index (χ1v) is 8.00. The number of rotatable bonds is 5. The molecule has 0 radical (unpaired) electrons. The summed E-state index contributed by atoms with van der Waals surface area (Å²) in [6.07, 6.45) is 6.35. The lowest BCUT2D eigenvalue weighted by atomic mass is 9.93. The highest BCUT2D eigenvalue weighted by atomic mass is 19.2. The van der Waals surface area contributed by atoms with Gasteiger partial charge in [0.15, 0.2) is 11.6 Å². The zero-order valence-corrected chi connectivity index (χ0v) is 12.9. The van der Waals surface area contributed by atoms with Crippen molar-refractivity contribution in [2.24, 2.45) is 0 Å². The highest BCUT2D eigenvalue weighted by molar-refractivity contribution is 5.24. The Kier molecular flexibility index (Phi) is 5.77. The van der Waals surface area contributed by atoms with Crippen LogP contribution in [0.25, 0.3) is 0 Å². The van der Waals surface area contributed by atoms with E-state index in [0.717, 1.165) is 44.5 Å². The Hall–Kier alpha value is -1.38. The lowest BCUT2D eigenvalue weighted by molar-refractivity contribution is 0.316. The van der Waals surface area contributed by atoms with E-state index in [1.165, 1.54) is 18.9 Å². The standard InChI is InChI=1S/C18H25F2N/c1-3-4-5-12-21-13-15(9-6-8-14(21)2)16-10-7-11-17(19)18(16)20/h7,10-11,15H,2-6,8-9,12-13H2,1H3/t15-/m1/s1. The maximum Gasteiger partial charge on any atom is 0.162 e.